The van der Waals surface area contributed by atoms with Crippen LogP contribution in [-0.2, 0) is 17.9 Å². The van der Waals surface area contributed by atoms with Gasteiger partial charge < -0.3 is 16.4 Å². The lowest BCUT2D eigenvalue weighted by molar-refractivity contribution is -0.123. The number of likely N-dealkylation sites (tertiary alicyclic amines) is 1. The molecule has 0 aromatic heterocycles. The number of hydrogen-bond acceptors (Lipinski definition) is 3. The molecule has 0 aliphatic carbocycles. The van der Waals surface area contributed by atoms with Crippen LogP contribution in [-0.4, -0.2) is 42.9 Å². The van der Waals surface area contributed by atoms with Crippen molar-refractivity contribution in [3.63, 3.8) is 0 Å². The van der Waals surface area contributed by atoms with Crippen LogP contribution >= 0.6 is 0 Å². The smallest absolute Gasteiger partial charge is 0.221 e. The van der Waals surface area contributed by atoms with E-state index in [0.29, 0.717) is 6.54 Å². The van der Waals surface area contributed by atoms with Crippen LogP contribution in [0, 0.1) is 5.92 Å². The third-order valence-corrected chi connectivity index (χ3v) is 5.39. The molecule has 1 aromatic rings. The molecule has 6 heteroatoms. The number of piperidine rings is 1. The summed E-state index contributed by atoms with van der Waals surface area (Å²) in [5, 5.41) is 6.76. The quantitative estimate of drug-likeness (QED) is 0.302. The summed E-state index contributed by atoms with van der Waals surface area (Å²) >= 11 is 0. The number of nitrogens with two attached hydrogens (primary N) is 1. The second-order valence-electron chi connectivity index (χ2n) is 7.98. The first-order chi connectivity index (χ1) is 14.1. The van der Waals surface area contributed by atoms with E-state index in [-0.39, 0.29) is 11.8 Å². The molecule has 2 rings (SSSR count). The van der Waals surface area contributed by atoms with Crippen LogP contribution < -0.4 is 16.4 Å². The first kappa shape index (κ1) is 23.2. The van der Waals surface area contributed by atoms with Crippen molar-refractivity contribution in [3.05, 3.63) is 35.4 Å². The Kier molecular flexibility index (Phi) is 10.6. The standard InChI is InChI=1S/C23H39N5O/c1-3-5-6-7-13-26-23(25-4-2)27-16-19-10-8-11-20(15-19)17-28-14-9-12-21(18-28)22(24)29/h8,10-11,15,21H,3-7,9,12-14,16-18H2,1-2H3,(H2,24,29)(H2,25,26,27). The third kappa shape index (κ3) is 8.86. The fourth-order valence-corrected chi connectivity index (χ4v) is 3.79. The number of carbonyl (C=O) groups is 1. The van der Waals surface area contributed by atoms with Crippen LogP contribution in [0.4, 0.5) is 0 Å². The molecule has 162 valence electrons. The van der Waals surface area contributed by atoms with E-state index >= 15 is 0 Å². The molecule has 1 atom stereocenters. The lowest BCUT2D eigenvalue weighted by atomic mass is 9.97. The molecular weight excluding hydrogens is 362 g/mol. The second kappa shape index (κ2) is 13.2. The van der Waals surface area contributed by atoms with Crippen LogP contribution in [0.25, 0.3) is 0 Å². The highest BCUT2D eigenvalue weighted by Crippen LogP contribution is 2.19. The minimum absolute atomic E-state index is 0.0115. The minimum Gasteiger partial charge on any atom is -0.369 e. The van der Waals surface area contributed by atoms with Crippen LogP contribution in [0.3, 0.4) is 0 Å². The number of amides is 1. The van der Waals surface area contributed by atoms with Gasteiger partial charge in [0.05, 0.1) is 12.5 Å². The maximum atomic E-state index is 11.5. The summed E-state index contributed by atoms with van der Waals surface area (Å²) in [7, 11) is 0. The van der Waals surface area contributed by atoms with Crippen LogP contribution in [0.15, 0.2) is 29.3 Å². The van der Waals surface area contributed by atoms with Gasteiger partial charge in [-0.3, -0.25) is 9.69 Å². The molecule has 1 aliphatic rings. The van der Waals surface area contributed by atoms with Crippen LogP contribution in [0.2, 0.25) is 0 Å². The average Bonchev–Trinajstić information content (AvgIpc) is 2.72. The van der Waals surface area contributed by atoms with E-state index in [1.54, 1.807) is 0 Å². The Morgan fingerprint density at radius 3 is 2.79 bits per heavy atom. The molecule has 1 unspecified atom stereocenters. The monoisotopic (exact) mass is 401 g/mol. The number of carbonyl (C=O) groups excluding carboxylic acids is 1. The molecule has 4 N–H and O–H groups in total. The van der Waals surface area contributed by atoms with Crippen molar-refractivity contribution in [1.29, 1.82) is 0 Å². The van der Waals surface area contributed by atoms with Crippen molar-refractivity contribution in [2.75, 3.05) is 26.2 Å². The maximum Gasteiger partial charge on any atom is 0.221 e. The molecule has 0 spiro atoms. The Morgan fingerprint density at radius 2 is 2.03 bits per heavy atom. The molecule has 1 amide bonds. The van der Waals surface area contributed by atoms with E-state index in [2.05, 4.69) is 53.6 Å². The normalized spacial score (nSPS) is 17.9. The highest BCUT2D eigenvalue weighted by molar-refractivity contribution is 5.79. The van der Waals surface area contributed by atoms with Crippen molar-refractivity contribution in [2.24, 2.45) is 16.6 Å². The summed E-state index contributed by atoms with van der Waals surface area (Å²) in [5.74, 6) is 0.702. The van der Waals surface area contributed by atoms with Crippen molar-refractivity contribution in [2.45, 2.75) is 65.5 Å². The topological polar surface area (TPSA) is 82.8 Å². The Morgan fingerprint density at radius 1 is 1.21 bits per heavy atom. The Labute approximate surface area is 176 Å². The molecule has 1 saturated heterocycles. The average molecular weight is 402 g/mol. The van der Waals surface area contributed by atoms with Gasteiger partial charge in [0.1, 0.15) is 0 Å². The highest BCUT2D eigenvalue weighted by atomic mass is 16.1. The van der Waals surface area contributed by atoms with Crippen molar-refractivity contribution in [3.8, 4) is 0 Å². The number of nitrogens with one attached hydrogen (secondary N) is 2. The second-order valence-corrected chi connectivity index (χ2v) is 7.98. The van der Waals surface area contributed by atoms with E-state index < -0.39 is 0 Å². The molecule has 6 nitrogen and oxygen atoms in total. The fourth-order valence-electron chi connectivity index (χ4n) is 3.79. The third-order valence-electron chi connectivity index (χ3n) is 5.39. The number of primary amides is 1. The van der Waals surface area contributed by atoms with Gasteiger partial charge >= 0.3 is 0 Å². The van der Waals surface area contributed by atoms with Gasteiger partial charge in [0.2, 0.25) is 5.91 Å². The predicted molar refractivity (Wildman–Crippen MR) is 121 cm³/mol. The summed E-state index contributed by atoms with van der Waals surface area (Å²) < 4.78 is 0. The number of guanidine groups is 1. The molecule has 1 aliphatic heterocycles. The van der Waals surface area contributed by atoms with Crippen molar-refractivity contribution >= 4 is 11.9 Å². The lowest BCUT2D eigenvalue weighted by Gasteiger charge is -2.31. The van der Waals surface area contributed by atoms with E-state index in [4.69, 9.17) is 10.7 Å². The Hall–Kier alpha value is -2.08. The van der Waals surface area contributed by atoms with Gasteiger partial charge in [0.25, 0.3) is 0 Å². The number of hydrogen-bond donors (Lipinski definition) is 3. The largest absolute Gasteiger partial charge is 0.369 e. The fraction of sp³-hybridized carbons (Fsp3) is 0.652. The van der Waals surface area contributed by atoms with Crippen molar-refractivity contribution in [1.82, 2.24) is 15.5 Å². The van der Waals surface area contributed by atoms with Gasteiger partial charge in [-0.25, -0.2) is 4.99 Å². The highest BCUT2D eigenvalue weighted by Gasteiger charge is 2.23. The summed E-state index contributed by atoms with van der Waals surface area (Å²) in [6, 6.07) is 8.60. The molecule has 1 aromatic carbocycles. The SMILES string of the molecule is CCCCCCNC(=NCc1cccc(CN2CCCC(C(N)=O)C2)c1)NCC. The van der Waals surface area contributed by atoms with Crippen LogP contribution in [0.5, 0.6) is 0 Å². The van der Waals surface area contributed by atoms with E-state index in [0.717, 1.165) is 51.5 Å². The summed E-state index contributed by atoms with van der Waals surface area (Å²) in [5.41, 5.74) is 7.97. The van der Waals surface area contributed by atoms with Gasteiger partial charge in [-0.05, 0) is 43.9 Å². The first-order valence-electron chi connectivity index (χ1n) is 11.2. The molecular formula is C23H39N5O. The minimum atomic E-state index is -0.170. The molecule has 0 bridgehead atoms. The van der Waals surface area contributed by atoms with E-state index in [1.165, 1.54) is 36.8 Å². The number of nitrogens with zero attached hydrogens (tertiary/aromatic N) is 2. The van der Waals surface area contributed by atoms with Crippen molar-refractivity contribution < 1.29 is 4.79 Å². The Balaban J connectivity index is 1.88. The van der Waals surface area contributed by atoms with E-state index in [9.17, 15) is 4.79 Å². The van der Waals surface area contributed by atoms with Gasteiger partial charge in [0.15, 0.2) is 5.96 Å². The first-order valence-corrected chi connectivity index (χ1v) is 11.2. The summed E-state index contributed by atoms with van der Waals surface area (Å²) in [4.78, 5) is 18.6. The summed E-state index contributed by atoms with van der Waals surface area (Å²) in [6.07, 6.45) is 6.94. The lowest BCUT2D eigenvalue weighted by Crippen LogP contribution is -2.40. The zero-order chi connectivity index (χ0) is 20.9. The molecule has 1 fully saturated rings. The van der Waals surface area contributed by atoms with Crippen LogP contribution in [0.1, 0.15) is 63.5 Å². The van der Waals surface area contributed by atoms with Gasteiger partial charge in [-0.15, -0.1) is 0 Å². The number of aliphatic imine (C=N–C) groups is 1. The van der Waals surface area contributed by atoms with Gasteiger partial charge in [-0.1, -0.05) is 50.5 Å². The molecule has 29 heavy (non-hydrogen) atoms. The number of rotatable bonds is 11. The molecule has 1 heterocycles. The molecule has 0 saturated carbocycles. The van der Waals surface area contributed by atoms with Gasteiger partial charge in [-0.2, -0.15) is 0 Å². The zero-order valence-electron chi connectivity index (χ0n) is 18.3. The molecule has 0 radical (unpaired) electrons. The zero-order valence-corrected chi connectivity index (χ0v) is 18.3. The Bertz CT molecular complexity index is 646. The summed E-state index contributed by atoms with van der Waals surface area (Å²) in [6.45, 7) is 9.45. The number of unbranched alkanes of at least 4 members (excludes halogenated alkanes) is 3. The van der Waals surface area contributed by atoms with Gasteiger partial charge in [0, 0.05) is 26.2 Å². The maximum absolute atomic E-state index is 11.5. The van der Waals surface area contributed by atoms with E-state index in [1.807, 2.05) is 0 Å². The number of benzene rings is 1. The predicted octanol–water partition coefficient (Wildman–Crippen LogP) is 3.02.